The second-order valence-electron chi connectivity index (χ2n) is 6.42. The van der Waals surface area contributed by atoms with Crippen molar-refractivity contribution in [3.8, 4) is 0 Å². The van der Waals surface area contributed by atoms with Crippen LogP contribution < -0.4 is 4.90 Å². The zero-order valence-corrected chi connectivity index (χ0v) is 14.6. The Labute approximate surface area is 136 Å². The Hall–Kier alpha value is -1.45. The van der Waals surface area contributed by atoms with Crippen LogP contribution in [0.3, 0.4) is 0 Å². The molecule has 1 atom stereocenters. The summed E-state index contributed by atoms with van der Waals surface area (Å²) in [6, 6.07) is 0. The Kier molecular flexibility index (Phi) is 3.97. The minimum atomic E-state index is -3.20. The topological polar surface area (TPSA) is 78.8 Å². The zero-order valence-electron chi connectivity index (χ0n) is 13.8. The smallest absolute Gasteiger partial charge is 0.241 e. The molecule has 8 nitrogen and oxygen atoms in total. The summed E-state index contributed by atoms with van der Waals surface area (Å²) in [5, 5.41) is 4.13. The number of anilines is 1. The molecule has 128 valence electrons. The van der Waals surface area contributed by atoms with Gasteiger partial charge in [-0.05, 0) is 20.4 Å². The number of hydrogen-bond donors (Lipinski definition) is 0. The Balaban J connectivity index is 1.86. The third kappa shape index (κ3) is 2.77. The highest BCUT2D eigenvalue weighted by atomic mass is 32.2. The van der Waals surface area contributed by atoms with Gasteiger partial charge in [0.05, 0.1) is 29.7 Å². The predicted molar refractivity (Wildman–Crippen MR) is 86.6 cm³/mol. The van der Waals surface area contributed by atoms with E-state index in [1.807, 2.05) is 25.2 Å². The van der Waals surface area contributed by atoms with Crippen LogP contribution in [-0.2, 0) is 21.9 Å². The standard InChI is InChI=1S/C14H23N5O3S/c1-4-23(21,22)18-6-5-14(10-18)11-19(13(20)9-16(14)2)12-7-15-17(3)8-12/h7-8H,4-6,9-11H2,1-3H3. The molecule has 23 heavy (non-hydrogen) atoms. The van der Waals surface area contributed by atoms with E-state index >= 15 is 0 Å². The van der Waals surface area contributed by atoms with Crippen LogP contribution in [-0.4, -0.2) is 77.8 Å². The first-order valence-electron chi connectivity index (χ1n) is 7.75. The van der Waals surface area contributed by atoms with Gasteiger partial charge in [0.2, 0.25) is 15.9 Å². The number of hydrogen-bond acceptors (Lipinski definition) is 5. The number of amides is 1. The van der Waals surface area contributed by atoms with E-state index in [1.54, 1.807) is 27.0 Å². The maximum atomic E-state index is 12.4. The van der Waals surface area contributed by atoms with Crippen LogP contribution in [0.1, 0.15) is 13.3 Å². The Morgan fingerprint density at radius 1 is 1.30 bits per heavy atom. The van der Waals surface area contributed by atoms with Crippen molar-refractivity contribution in [3.05, 3.63) is 12.4 Å². The maximum Gasteiger partial charge on any atom is 0.241 e. The molecule has 0 aromatic carbocycles. The minimum absolute atomic E-state index is 0.0166. The number of likely N-dealkylation sites (N-methyl/N-ethyl adjacent to an activating group) is 1. The number of sulfonamides is 1. The van der Waals surface area contributed by atoms with Crippen molar-refractivity contribution in [2.24, 2.45) is 7.05 Å². The van der Waals surface area contributed by atoms with E-state index in [0.717, 1.165) is 12.1 Å². The van der Waals surface area contributed by atoms with Gasteiger partial charge < -0.3 is 4.90 Å². The van der Waals surface area contributed by atoms with Gasteiger partial charge in [-0.3, -0.25) is 14.4 Å². The van der Waals surface area contributed by atoms with Crippen molar-refractivity contribution >= 4 is 21.6 Å². The van der Waals surface area contributed by atoms with Gasteiger partial charge in [-0.25, -0.2) is 8.42 Å². The fourth-order valence-corrected chi connectivity index (χ4v) is 4.59. The molecule has 2 aliphatic rings. The first-order valence-corrected chi connectivity index (χ1v) is 9.36. The summed E-state index contributed by atoms with van der Waals surface area (Å²) in [5.74, 6) is 0.126. The van der Waals surface area contributed by atoms with E-state index in [1.165, 1.54) is 0 Å². The van der Waals surface area contributed by atoms with Crippen LogP contribution in [0.4, 0.5) is 5.69 Å². The average molecular weight is 341 g/mol. The molecule has 2 aliphatic heterocycles. The lowest BCUT2D eigenvalue weighted by atomic mass is 9.93. The van der Waals surface area contributed by atoms with Crippen LogP contribution in [0.25, 0.3) is 0 Å². The largest absolute Gasteiger partial charge is 0.306 e. The lowest BCUT2D eigenvalue weighted by Gasteiger charge is -2.46. The summed E-state index contributed by atoms with van der Waals surface area (Å²) in [6.45, 7) is 3.38. The van der Waals surface area contributed by atoms with Crippen LogP contribution in [0.2, 0.25) is 0 Å². The lowest BCUT2D eigenvalue weighted by molar-refractivity contribution is -0.123. The summed E-state index contributed by atoms with van der Waals surface area (Å²) in [6.07, 6.45) is 4.21. The number of carbonyl (C=O) groups excluding carboxylic acids is 1. The molecule has 2 saturated heterocycles. The molecule has 0 radical (unpaired) electrons. The number of aromatic nitrogens is 2. The van der Waals surface area contributed by atoms with Crippen molar-refractivity contribution in [2.75, 3.05) is 43.9 Å². The highest BCUT2D eigenvalue weighted by Gasteiger charge is 2.49. The number of nitrogens with zero attached hydrogens (tertiary/aromatic N) is 5. The van der Waals surface area contributed by atoms with Gasteiger partial charge in [0.15, 0.2) is 0 Å². The van der Waals surface area contributed by atoms with Gasteiger partial charge in [-0.1, -0.05) is 0 Å². The third-order valence-electron chi connectivity index (χ3n) is 4.99. The highest BCUT2D eigenvalue weighted by Crippen LogP contribution is 2.34. The number of aryl methyl sites for hydroxylation is 1. The van der Waals surface area contributed by atoms with Gasteiger partial charge in [0.25, 0.3) is 0 Å². The maximum absolute atomic E-state index is 12.4. The third-order valence-corrected chi connectivity index (χ3v) is 6.82. The summed E-state index contributed by atoms with van der Waals surface area (Å²) in [4.78, 5) is 16.1. The van der Waals surface area contributed by atoms with E-state index in [9.17, 15) is 13.2 Å². The summed E-state index contributed by atoms with van der Waals surface area (Å²) in [5.41, 5.74) is 0.438. The molecule has 0 N–H and O–H groups in total. The molecule has 3 heterocycles. The molecule has 3 rings (SSSR count). The molecule has 0 bridgehead atoms. The predicted octanol–water partition coefficient (Wildman–Crippen LogP) is -0.507. The molecule has 1 aromatic heterocycles. The fraction of sp³-hybridized carbons (Fsp3) is 0.714. The molecular weight excluding hydrogens is 318 g/mol. The molecule has 1 aromatic rings. The monoisotopic (exact) mass is 341 g/mol. The summed E-state index contributed by atoms with van der Waals surface area (Å²) in [7, 11) is 0.512. The van der Waals surface area contributed by atoms with E-state index in [2.05, 4.69) is 5.10 Å². The van der Waals surface area contributed by atoms with Gasteiger partial charge in [-0.15, -0.1) is 0 Å². The van der Waals surface area contributed by atoms with Crippen molar-refractivity contribution < 1.29 is 13.2 Å². The van der Waals surface area contributed by atoms with Crippen LogP contribution in [0.15, 0.2) is 12.4 Å². The SMILES string of the molecule is CCS(=O)(=O)N1CCC2(CN(c3cnn(C)c3)C(=O)CN2C)C1. The van der Waals surface area contributed by atoms with Crippen molar-refractivity contribution in [1.82, 2.24) is 19.0 Å². The molecule has 1 spiro atoms. The van der Waals surface area contributed by atoms with Crippen LogP contribution in [0.5, 0.6) is 0 Å². The Morgan fingerprint density at radius 3 is 2.65 bits per heavy atom. The van der Waals surface area contributed by atoms with E-state index < -0.39 is 10.0 Å². The first kappa shape index (κ1) is 16.4. The molecule has 2 fully saturated rings. The molecule has 0 aliphatic carbocycles. The Morgan fingerprint density at radius 2 is 2.04 bits per heavy atom. The number of piperazine rings is 1. The molecule has 1 unspecified atom stereocenters. The van der Waals surface area contributed by atoms with Crippen LogP contribution in [0, 0.1) is 0 Å². The second-order valence-corrected chi connectivity index (χ2v) is 8.67. The summed E-state index contributed by atoms with van der Waals surface area (Å²) < 4.78 is 27.6. The highest BCUT2D eigenvalue weighted by molar-refractivity contribution is 7.89. The minimum Gasteiger partial charge on any atom is -0.306 e. The Bertz CT molecular complexity index is 716. The zero-order chi connectivity index (χ0) is 16.8. The van der Waals surface area contributed by atoms with E-state index in [4.69, 9.17) is 0 Å². The first-order chi connectivity index (χ1) is 10.8. The fourth-order valence-electron chi connectivity index (χ4n) is 3.42. The van der Waals surface area contributed by atoms with Crippen LogP contribution >= 0.6 is 0 Å². The second kappa shape index (κ2) is 5.57. The number of rotatable bonds is 3. The lowest BCUT2D eigenvalue weighted by Crippen LogP contribution is -2.64. The van der Waals surface area contributed by atoms with E-state index in [-0.39, 0.29) is 23.7 Å². The molecular formula is C14H23N5O3S. The quantitative estimate of drug-likeness (QED) is 0.740. The summed E-state index contributed by atoms with van der Waals surface area (Å²) >= 11 is 0. The normalized spacial score (nSPS) is 27.3. The van der Waals surface area contributed by atoms with Crippen molar-refractivity contribution in [3.63, 3.8) is 0 Å². The van der Waals surface area contributed by atoms with E-state index in [0.29, 0.717) is 19.6 Å². The van der Waals surface area contributed by atoms with Gasteiger partial charge in [-0.2, -0.15) is 9.40 Å². The average Bonchev–Trinajstić information content (AvgIpc) is 3.11. The molecule has 0 saturated carbocycles. The molecule has 9 heteroatoms. The van der Waals surface area contributed by atoms with Gasteiger partial charge in [0, 0.05) is 32.9 Å². The van der Waals surface area contributed by atoms with Crippen molar-refractivity contribution in [2.45, 2.75) is 18.9 Å². The van der Waals surface area contributed by atoms with Crippen molar-refractivity contribution in [1.29, 1.82) is 0 Å². The molecule has 1 amide bonds. The van der Waals surface area contributed by atoms with Gasteiger partial charge >= 0.3 is 0 Å². The van der Waals surface area contributed by atoms with Gasteiger partial charge in [0.1, 0.15) is 0 Å². The number of carbonyl (C=O) groups is 1.